The van der Waals surface area contributed by atoms with Gasteiger partial charge < -0.3 is 14.8 Å². The minimum Gasteiger partial charge on any atom is -0.339 e. The number of carbonyl (C=O) groups is 1. The number of hydrogen-bond acceptors (Lipinski definition) is 3. The Morgan fingerprint density at radius 3 is 2.54 bits per heavy atom. The number of nitrogens with zero attached hydrogens (tertiary/aromatic N) is 3. The molecule has 5 nitrogen and oxygen atoms in total. The zero-order valence-electron chi connectivity index (χ0n) is 15.1. The second-order valence-electron chi connectivity index (χ2n) is 7.00. The van der Waals surface area contributed by atoms with Crippen molar-refractivity contribution in [1.29, 1.82) is 0 Å². The molecule has 0 atom stereocenters. The number of imidazole rings is 1. The lowest BCUT2D eigenvalue weighted by molar-refractivity contribution is -0.147. The lowest BCUT2D eigenvalue weighted by Crippen LogP contribution is -2.43. The fourth-order valence-corrected chi connectivity index (χ4v) is 3.52. The number of hydrogen-bond donors (Lipinski definition) is 1. The number of nitrogens with one attached hydrogen (secondary N) is 1. The van der Waals surface area contributed by atoms with Crippen LogP contribution in [0.15, 0.2) is 18.2 Å². The first kappa shape index (κ1) is 18.7. The van der Waals surface area contributed by atoms with Gasteiger partial charge in [0.25, 0.3) is 5.91 Å². The summed E-state index contributed by atoms with van der Waals surface area (Å²) in [4.78, 5) is 18.2. The maximum absolute atomic E-state index is 13.3. The van der Waals surface area contributed by atoms with Gasteiger partial charge in [-0.05, 0) is 58.0 Å². The lowest BCUT2D eigenvalue weighted by atomic mass is 10.0. The highest BCUT2D eigenvalue weighted by Gasteiger charge is 2.38. The van der Waals surface area contributed by atoms with Crippen LogP contribution in [0.2, 0.25) is 0 Å². The Labute approximate surface area is 150 Å². The van der Waals surface area contributed by atoms with E-state index in [9.17, 15) is 18.0 Å². The molecule has 0 saturated carbocycles. The molecule has 0 unspecified atom stereocenters. The summed E-state index contributed by atoms with van der Waals surface area (Å²) >= 11 is 0. The summed E-state index contributed by atoms with van der Waals surface area (Å²) in [7, 11) is 1.75. The van der Waals surface area contributed by atoms with Gasteiger partial charge in [0.2, 0.25) is 5.82 Å². The molecule has 142 valence electrons. The van der Waals surface area contributed by atoms with E-state index in [1.807, 2.05) is 0 Å². The maximum Gasteiger partial charge on any atom is 0.449 e. The van der Waals surface area contributed by atoms with Gasteiger partial charge in [-0.1, -0.05) is 0 Å². The van der Waals surface area contributed by atoms with Crippen molar-refractivity contribution in [3.05, 3.63) is 29.6 Å². The van der Waals surface area contributed by atoms with E-state index in [4.69, 9.17) is 0 Å². The fourth-order valence-electron chi connectivity index (χ4n) is 3.52. The number of carbonyl (C=O) groups excluding carboxylic acids is 1. The standard InChI is InChI=1S/C18H23F3N4O/c1-11(2)25-15-5-4-12(10-14(15)23-17(25)18(19,20)21)16(26)24(3)13-6-8-22-9-7-13/h4-5,10-11,13,22H,6-9H2,1-3H3. The van der Waals surface area contributed by atoms with Gasteiger partial charge in [0, 0.05) is 24.7 Å². The van der Waals surface area contributed by atoms with E-state index in [2.05, 4.69) is 10.3 Å². The number of aromatic nitrogens is 2. The van der Waals surface area contributed by atoms with Crippen LogP contribution in [-0.2, 0) is 6.18 Å². The smallest absolute Gasteiger partial charge is 0.339 e. The van der Waals surface area contributed by atoms with Crippen LogP contribution in [0.3, 0.4) is 0 Å². The van der Waals surface area contributed by atoms with E-state index in [-0.39, 0.29) is 17.5 Å². The molecule has 0 aliphatic carbocycles. The van der Waals surface area contributed by atoms with Crippen LogP contribution in [0.25, 0.3) is 11.0 Å². The lowest BCUT2D eigenvalue weighted by Gasteiger charge is -2.31. The Balaban J connectivity index is 1.97. The Morgan fingerprint density at radius 2 is 1.96 bits per heavy atom. The van der Waals surface area contributed by atoms with Gasteiger partial charge in [0.1, 0.15) is 0 Å². The molecule has 1 aliphatic heterocycles. The highest BCUT2D eigenvalue weighted by molar-refractivity contribution is 5.97. The molecule has 0 bridgehead atoms. The molecular formula is C18H23F3N4O. The number of alkyl halides is 3. The number of rotatable bonds is 3. The van der Waals surface area contributed by atoms with Gasteiger partial charge in [-0.15, -0.1) is 0 Å². The van der Waals surface area contributed by atoms with E-state index >= 15 is 0 Å². The summed E-state index contributed by atoms with van der Waals surface area (Å²) in [6, 6.07) is 4.35. The third kappa shape index (κ3) is 3.42. The van der Waals surface area contributed by atoms with Gasteiger partial charge >= 0.3 is 6.18 Å². The van der Waals surface area contributed by atoms with Crippen molar-refractivity contribution in [3.63, 3.8) is 0 Å². The topological polar surface area (TPSA) is 50.2 Å². The average Bonchev–Trinajstić information content (AvgIpc) is 3.00. The Morgan fingerprint density at radius 1 is 1.31 bits per heavy atom. The zero-order chi connectivity index (χ0) is 19.1. The Kier molecular flexibility index (Phi) is 4.96. The second-order valence-corrected chi connectivity index (χ2v) is 7.00. The van der Waals surface area contributed by atoms with Crippen LogP contribution in [0.1, 0.15) is 48.9 Å². The molecule has 26 heavy (non-hydrogen) atoms. The second kappa shape index (κ2) is 6.90. The molecule has 3 rings (SSSR count). The molecule has 1 fully saturated rings. The van der Waals surface area contributed by atoms with Gasteiger partial charge in [-0.3, -0.25) is 4.79 Å². The SMILES string of the molecule is CC(C)n1c(C(F)(F)F)nc2cc(C(=O)N(C)C3CCNCC3)ccc21. The first-order chi connectivity index (χ1) is 12.2. The molecule has 2 heterocycles. The predicted octanol–water partition coefficient (Wildman–Crippen LogP) is 3.46. The predicted molar refractivity (Wildman–Crippen MR) is 93.1 cm³/mol. The number of piperidine rings is 1. The third-order valence-corrected chi connectivity index (χ3v) is 4.88. The van der Waals surface area contributed by atoms with Crippen molar-refractivity contribution in [2.75, 3.05) is 20.1 Å². The quantitative estimate of drug-likeness (QED) is 0.903. The molecule has 8 heteroatoms. The van der Waals surface area contributed by atoms with E-state index < -0.39 is 18.0 Å². The largest absolute Gasteiger partial charge is 0.449 e. The first-order valence-corrected chi connectivity index (χ1v) is 8.77. The minimum absolute atomic E-state index is 0.137. The molecule has 0 spiro atoms. The van der Waals surface area contributed by atoms with Crippen LogP contribution in [0.5, 0.6) is 0 Å². The van der Waals surface area contributed by atoms with Gasteiger partial charge in [0.05, 0.1) is 11.0 Å². The maximum atomic E-state index is 13.3. The van der Waals surface area contributed by atoms with Crippen molar-refractivity contribution in [2.24, 2.45) is 0 Å². The summed E-state index contributed by atoms with van der Waals surface area (Å²) in [6.45, 7) is 5.07. The molecular weight excluding hydrogens is 345 g/mol. The fraction of sp³-hybridized carbons (Fsp3) is 0.556. The van der Waals surface area contributed by atoms with E-state index in [1.54, 1.807) is 37.9 Å². The Hall–Kier alpha value is -2.09. The third-order valence-electron chi connectivity index (χ3n) is 4.88. The summed E-state index contributed by atoms with van der Waals surface area (Å²) < 4.78 is 41.1. The normalized spacial score (nSPS) is 16.4. The summed E-state index contributed by atoms with van der Waals surface area (Å²) in [6.07, 6.45) is -2.81. The van der Waals surface area contributed by atoms with E-state index in [1.165, 1.54) is 10.6 Å². The summed E-state index contributed by atoms with van der Waals surface area (Å²) in [5.41, 5.74) is 0.935. The van der Waals surface area contributed by atoms with Crippen LogP contribution < -0.4 is 5.32 Å². The molecule has 1 N–H and O–H groups in total. The molecule has 0 radical (unpaired) electrons. The molecule has 2 aromatic rings. The molecule has 1 aromatic heterocycles. The molecule has 1 aliphatic rings. The van der Waals surface area contributed by atoms with Gasteiger partial charge in [-0.25, -0.2) is 4.98 Å². The first-order valence-electron chi connectivity index (χ1n) is 8.77. The van der Waals surface area contributed by atoms with Crippen LogP contribution >= 0.6 is 0 Å². The van der Waals surface area contributed by atoms with E-state index in [0.717, 1.165) is 25.9 Å². The van der Waals surface area contributed by atoms with Crippen LogP contribution in [0, 0.1) is 0 Å². The highest BCUT2D eigenvalue weighted by Crippen LogP contribution is 2.34. The highest BCUT2D eigenvalue weighted by atomic mass is 19.4. The van der Waals surface area contributed by atoms with Crippen LogP contribution in [-0.4, -0.2) is 46.5 Å². The number of halogens is 3. The summed E-state index contributed by atoms with van der Waals surface area (Å²) in [5.74, 6) is -1.12. The average molecular weight is 368 g/mol. The van der Waals surface area contributed by atoms with Gasteiger partial charge in [0.15, 0.2) is 0 Å². The van der Waals surface area contributed by atoms with Crippen molar-refractivity contribution < 1.29 is 18.0 Å². The molecule has 1 amide bonds. The number of amides is 1. The Bertz CT molecular complexity index is 807. The van der Waals surface area contributed by atoms with E-state index in [0.29, 0.717) is 11.1 Å². The summed E-state index contributed by atoms with van der Waals surface area (Å²) in [5, 5.41) is 3.25. The van der Waals surface area contributed by atoms with Crippen molar-refractivity contribution in [3.8, 4) is 0 Å². The van der Waals surface area contributed by atoms with Crippen LogP contribution in [0.4, 0.5) is 13.2 Å². The van der Waals surface area contributed by atoms with Crippen molar-refractivity contribution in [1.82, 2.24) is 19.8 Å². The monoisotopic (exact) mass is 368 g/mol. The van der Waals surface area contributed by atoms with Gasteiger partial charge in [-0.2, -0.15) is 13.2 Å². The number of benzene rings is 1. The minimum atomic E-state index is -4.54. The van der Waals surface area contributed by atoms with Crippen molar-refractivity contribution in [2.45, 2.75) is 44.9 Å². The molecule has 1 aromatic carbocycles. The zero-order valence-corrected chi connectivity index (χ0v) is 15.1. The molecule has 1 saturated heterocycles. The van der Waals surface area contributed by atoms with Crippen molar-refractivity contribution >= 4 is 16.9 Å². The number of fused-ring (bicyclic) bond motifs is 1.